The van der Waals surface area contributed by atoms with Gasteiger partial charge in [0.1, 0.15) is 6.04 Å². The molecule has 128 valence electrons. The van der Waals surface area contributed by atoms with Gasteiger partial charge < -0.3 is 20.3 Å². The third-order valence-corrected chi connectivity index (χ3v) is 4.06. The van der Waals surface area contributed by atoms with Crippen LogP contribution in [0, 0.1) is 5.92 Å². The molecule has 1 fully saturated rings. The maximum atomic E-state index is 12.9. The highest BCUT2D eigenvalue weighted by Gasteiger charge is 2.34. The minimum absolute atomic E-state index is 0.00402. The van der Waals surface area contributed by atoms with Gasteiger partial charge >= 0.3 is 6.09 Å². The zero-order valence-electron chi connectivity index (χ0n) is 14.5. The Morgan fingerprint density at radius 2 is 1.91 bits per heavy atom. The number of nitrogens with zero attached hydrogens (tertiary/aromatic N) is 1. The molecular weight excluding hydrogens is 282 g/mol. The molecule has 6 heteroatoms. The van der Waals surface area contributed by atoms with Crippen molar-refractivity contribution >= 4 is 12.0 Å². The Bertz CT molecular complexity index is 372. The number of carbonyl (C=O) groups excluding carboxylic acids is 2. The van der Waals surface area contributed by atoms with Crippen molar-refractivity contribution in [3.05, 3.63) is 0 Å². The lowest BCUT2D eigenvalue weighted by Crippen LogP contribution is -2.57. The average Bonchev–Trinajstić information content (AvgIpc) is 2.49. The lowest BCUT2D eigenvalue weighted by molar-refractivity contribution is -0.138. The van der Waals surface area contributed by atoms with Crippen LogP contribution in [-0.2, 0) is 9.53 Å². The van der Waals surface area contributed by atoms with Crippen molar-refractivity contribution < 1.29 is 14.3 Å². The summed E-state index contributed by atoms with van der Waals surface area (Å²) in [5.74, 6) is 0.0166. The number of hydrogen-bond donors (Lipinski definition) is 2. The van der Waals surface area contributed by atoms with Crippen LogP contribution in [0.4, 0.5) is 4.79 Å². The number of carbonyl (C=O) groups is 2. The minimum atomic E-state index is -0.555. The number of piperidine rings is 1. The molecule has 0 aromatic carbocycles. The van der Waals surface area contributed by atoms with Gasteiger partial charge in [0.25, 0.3) is 0 Å². The van der Waals surface area contributed by atoms with Crippen LogP contribution in [0.25, 0.3) is 0 Å². The first kappa shape index (κ1) is 18.7. The van der Waals surface area contributed by atoms with E-state index in [-0.39, 0.29) is 17.9 Å². The number of nitrogens with one attached hydrogen (secondary N) is 2. The molecule has 0 bridgehead atoms. The molecular formula is C16H31N3O3. The summed E-state index contributed by atoms with van der Waals surface area (Å²) >= 11 is 0. The van der Waals surface area contributed by atoms with E-state index in [4.69, 9.17) is 0 Å². The number of methoxy groups -OCH3 is 1. The van der Waals surface area contributed by atoms with Crippen molar-refractivity contribution in [3.8, 4) is 0 Å². The zero-order valence-corrected chi connectivity index (χ0v) is 14.5. The normalized spacial score (nSPS) is 20.1. The third-order valence-electron chi connectivity index (χ3n) is 4.06. The first-order valence-corrected chi connectivity index (χ1v) is 8.25. The molecule has 1 heterocycles. The first-order valence-electron chi connectivity index (χ1n) is 8.25. The number of amides is 2. The highest BCUT2D eigenvalue weighted by Crippen LogP contribution is 2.19. The van der Waals surface area contributed by atoms with Gasteiger partial charge in [0, 0.05) is 25.2 Å². The standard InChI is InChI=1S/C16H31N3O3/c1-11(2)14(18-16(21)22-5)15(20)19-9-7-6-8-13(19)10-17-12(3)4/h11-14,17H,6-10H2,1-5H3,(H,18,21)/t13-,14-/m0/s1. The summed E-state index contributed by atoms with van der Waals surface area (Å²) in [5.41, 5.74) is 0. The van der Waals surface area contributed by atoms with E-state index in [9.17, 15) is 9.59 Å². The Morgan fingerprint density at radius 1 is 1.23 bits per heavy atom. The second-order valence-corrected chi connectivity index (χ2v) is 6.60. The molecule has 0 saturated carbocycles. The lowest BCUT2D eigenvalue weighted by atomic mass is 9.97. The highest BCUT2D eigenvalue weighted by molar-refractivity contribution is 5.86. The fourth-order valence-corrected chi connectivity index (χ4v) is 2.75. The van der Waals surface area contributed by atoms with Crippen LogP contribution in [0.5, 0.6) is 0 Å². The van der Waals surface area contributed by atoms with Crippen LogP contribution in [0.2, 0.25) is 0 Å². The number of hydrogen-bond acceptors (Lipinski definition) is 4. The molecule has 1 aliphatic rings. The van der Waals surface area contributed by atoms with E-state index >= 15 is 0 Å². The molecule has 0 unspecified atom stereocenters. The van der Waals surface area contributed by atoms with Crippen LogP contribution in [0.15, 0.2) is 0 Å². The zero-order chi connectivity index (χ0) is 16.7. The smallest absolute Gasteiger partial charge is 0.407 e. The van der Waals surface area contributed by atoms with E-state index < -0.39 is 12.1 Å². The van der Waals surface area contributed by atoms with Crippen molar-refractivity contribution in [1.29, 1.82) is 0 Å². The number of alkyl carbamates (subject to hydrolysis) is 1. The monoisotopic (exact) mass is 313 g/mol. The lowest BCUT2D eigenvalue weighted by Gasteiger charge is -2.39. The van der Waals surface area contributed by atoms with Crippen molar-refractivity contribution in [2.75, 3.05) is 20.2 Å². The Balaban J connectivity index is 2.77. The Labute approximate surface area is 134 Å². The van der Waals surface area contributed by atoms with Gasteiger partial charge in [-0.1, -0.05) is 27.7 Å². The van der Waals surface area contributed by atoms with Crippen molar-refractivity contribution in [3.63, 3.8) is 0 Å². The van der Waals surface area contributed by atoms with Gasteiger partial charge in [0.2, 0.25) is 5.91 Å². The fourth-order valence-electron chi connectivity index (χ4n) is 2.75. The summed E-state index contributed by atoms with van der Waals surface area (Å²) in [5, 5.41) is 6.09. The Morgan fingerprint density at radius 3 is 2.45 bits per heavy atom. The SMILES string of the molecule is COC(=O)N[C@H](C(=O)N1CCCC[C@H]1CNC(C)C)C(C)C. The van der Waals surface area contributed by atoms with E-state index in [1.165, 1.54) is 7.11 Å². The Hall–Kier alpha value is -1.30. The van der Waals surface area contributed by atoms with Crippen LogP contribution in [0.1, 0.15) is 47.0 Å². The molecule has 0 spiro atoms. The number of ether oxygens (including phenoxy) is 1. The summed E-state index contributed by atoms with van der Waals surface area (Å²) in [7, 11) is 1.31. The molecule has 1 rings (SSSR count). The van der Waals surface area contributed by atoms with E-state index in [2.05, 4.69) is 29.2 Å². The average molecular weight is 313 g/mol. The highest BCUT2D eigenvalue weighted by atomic mass is 16.5. The van der Waals surface area contributed by atoms with Gasteiger partial charge in [0.15, 0.2) is 0 Å². The van der Waals surface area contributed by atoms with E-state index in [1.54, 1.807) is 0 Å². The molecule has 0 radical (unpaired) electrons. The molecule has 22 heavy (non-hydrogen) atoms. The molecule has 0 aliphatic carbocycles. The van der Waals surface area contributed by atoms with Gasteiger partial charge in [-0.25, -0.2) is 4.79 Å². The topological polar surface area (TPSA) is 70.7 Å². The van der Waals surface area contributed by atoms with E-state index in [1.807, 2.05) is 18.7 Å². The second kappa shape index (κ2) is 8.98. The molecule has 0 aromatic heterocycles. The van der Waals surface area contributed by atoms with Gasteiger partial charge in [0.05, 0.1) is 7.11 Å². The summed E-state index contributed by atoms with van der Waals surface area (Å²) in [6, 6.07) is 0.0596. The molecule has 2 amide bonds. The fraction of sp³-hybridized carbons (Fsp3) is 0.875. The van der Waals surface area contributed by atoms with Crippen molar-refractivity contribution in [2.24, 2.45) is 5.92 Å². The van der Waals surface area contributed by atoms with Gasteiger partial charge in [-0.2, -0.15) is 0 Å². The predicted octanol–water partition coefficient (Wildman–Crippen LogP) is 1.75. The van der Waals surface area contributed by atoms with E-state index in [0.717, 1.165) is 32.4 Å². The first-order chi connectivity index (χ1) is 10.4. The van der Waals surface area contributed by atoms with Gasteiger partial charge in [-0.05, 0) is 25.2 Å². The second-order valence-electron chi connectivity index (χ2n) is 6.60. The van der Waals surface area contributed by atoms with Crippen LogP contribution >= 0.6 is 0 Å². The largest absolute Gasteiger partial charge is 0.453 e. The summed E-state index contributed by atoms with van der Waals surface area (Å²) in [6.45, 7) is 9.63. The summed E-state index contributed by atoms with van der Waals surface area (Å²) in [4.78, 5) is 26.3. The molecule has 2 N–H and O–H groups in total. The van der Waals surface area contributed by atoms with Crippen LogP contribution < -0.4 is 10.6 Å². The third kappa shape index (κ3) is 5.48. The molecule has 1 aliphatic heterocycles. The Kier molecular flexibility index (Phi) is 7.65. The van der Waals surface area contributed by atoms with E-state index in [0.29, 0.717) is 6.04 Å². The summed E-state index contributed by atoms with van der Waals surface area (Å²) in [6.07, 6.45) is 2.62. The quantitative estimate of drug-likeness (QED) is 0.784. The van der Waals surface area contributed by atoms with Crippen molar-refractivity contribution in [1.82, 2.24) is 15.5 Å². The minimum Gasteiger partial charge on any atom is -0.453 e. The maximum Gasteiger partial charge on any atom is 0.407 e. The molecule has 6 nitrogen and oxygen atoms in total. The molecule has 2 atom stereocenters. The van der Waals surface area contributed by atoms with Crippen molar-refractivity contribution in [2.45, 2.75) is 65.1 Å². The predicted molar refractivity (Wildman–Crippen MR) is 86.7 cm³/mol. The molecule has 0 aromatic rings. The van der Waals surface area contributed by atoms with Gasteiger partial charge in [-0.3, -0.25) is 4.79 Å². The van der Waals surface area contributed by atoms with Crippen LogP contribution in [0.3, 0.4) is 0 Å². The maximum absolute atomic E-state index is 12.9. The van der Waals surface area contributed by atoms with Gasteiger partial charge in [-0.15, -0.1) is 0 Å². The molecule has 1 saturated heterocycles. The number of likely N-dealkylation sites (tertiary alicyclic amines) is 1. The summed E-state index contributed by atoms with van der Waals surface area (Å²) < 4.78 is 4.64. The van der Waals surface area contributed by atoms with Crippen LogP contribution in [-0.4, -0.2) is 55.2 Å². The number of rotatable bonds is 6.